The molecule has 3 rings (SSSR count). The molecule has 0 bridgehead atoms. The van der Waals surface area contributed by atoms with Crippen LogP contribution in [0.25, 0.3) is 16.9 Å². The molecule has 142 valence electrons. The molecule has 27 heavy (non-hydrogen) atoms. The Morgan fingerprint density at radius 3 is 2.52 bits per heavy atom. The molecule has 6 heteroatoms. The number of nitrogens with one attached hydrogen (secondary N) is 1. The number of nitrogens with zero attached hydrogens (tertiary/aromatic N) is 2. The summed E-state index contributed by atoms with van der Waals surface area (Å²) in [4.78, 5) is 16.6. The molecule has 5 nitrogen and oxygen atoms in total. The number of ether oxygens (including phenoxy) is 1. The molecule has 0 fully saturated rings. The van der Waals surface area contributed by atoms with Gasteiger partial charge in [-0.3, -0.25) is 9.20 Å². The highest BCUT2D eigenvalue weighted by atomic mass is 79.9. The Labute approximate surface area is 167 Å². The van der Waals surface area contributed by atoms with Gasteiger partial charge in [0.05, 0.1) is 6.61 Å². The minimum absolute atomic E-state index is 0.0845. The van der Waals surface area contributed by atoms with Gasteiger partial charge in [-0.1, -0.05) is 45.0 Å². The summed E-state index contributed by atoms with van der Waals surface area (Å²) in [5.74, 6) is 0.472. The Balaban J connectivity index is 2.03. The topological polar surface area (TPSA) is 55.6 Å². The third-order valence-electron chi connectivity index (χ3n) is 4.31. The number of hydrogen-bond donors (Lipinski definition) is 1. The SMILES string of the molecule is CCOC(=O)CNc1c(-c2ccc(C(C)(C)C)cc2)nc2ccc(Br)cn12. The standard InChI is InChI=1S/C21H24BrN3O2/c1-5-27-18(26)12-23-20-19(24-17-11-10-16(22)13-25(17)20)14-6-8-15(9-7-14)21(2,3)4/h6-11,13,23H,5,12H2,1-4H3. The van der Waals surface area contributed by atoms with Crippen LogP contribution in [0.5, 0.6) is 0 Å². The van der Waals surface area contributed by atoms with Gasteiger partial charge in [0.25, 0.3) is 0 Å². The fourth-order valence-corrected chi connectivity index (χ4v) is 3.22. The van der Waals surface area contributed by atoms with Gasteiger partial charge in [0, 0.05) is 16.2 Å². The molecule has 1 aromatic carbocycles. The van der Waals surface area contributed by atoms with Crippen LogP contribution in [0.2, 0.25) is 0 Å². The average Bonchev–Trinajstić information content (AvgIpc) is 2.97. The molecule has 0 saturated heterocycles. The summed E-state index contributed by atoms with van der Waals surface area (Å²) in [6, 6.07) is 12.3. The first-order valence-electron chi connectivity index (χ1n) is 8.97. The fraction of sp³-hybridized carbons (Fsp3) is 0.333. The molecular formula is C21H24BrN3O2. The van der Waals surface area contributed by atoms with Crippen molar-refractivity contribution in [2.24, 2.45) is 0 Å². The van der Waals surface area contributed by atoms with Gasteiger partial charge in [-0.15, -0.1) is 0 Å². The first-order chi connectivity index (χ1) is 12.8. The van der Waals surface area contributed by atoms with E-state index in [4.69, 9.17) is 9.72 Å². The van der Waals surface area contributed by atoms with Crippen molar-refractivity contribution in [2.45, 2.75) is 33.1 Å². The molecule has 0 radical (unpaired) electrons. The second kappa shape index (κ2) is 7.72. The van der Waals surface area contributed by atoms with Gasteiger partial charge < -0.3 is 10.1 Å². The molecule has 2 aromatic heterocycles. The highest BCUT2D eigenvalue weighted by molar-refractivity contribution is 9.10. The van der Waals surface area contributed by atoms with Crippen LogP contribution < -0.4 is 5.32 Å². The van der Waals surface area contributed by atoms with Crippen LogP contribution in [-0.4, -0.2) is 28.5 Å². The second-order valence-electron chi connectivity index (χ2n) is 7.37. The van der Waals surface area contributed by atoms with Crippen LogP contribution >= 0.6 is 15.9 Å². The molecule has 0 spiro atoms. The minimum Gasteiger partial charge on any atom is -0.465 e. The van der Waals surface area contributed by atoms with Crippen LogP contribution in [-0.2, 0) is 14.9 Å². The van der Waals surface area contributed by atoms with Crippen molar-refractivity contribution >= 4 is 33.4 Å². The molecule has 0 unspecified atom stereocenters. The lowest BCUT2D eigenvalue weighted by molar-refractivity contribution is -0.140. The van der Waals surface area contributed by atoms with E-state index in [-0.39, 0.29) is 17.9 Å². The molecule has 2 heterocycles. The van der Waals surface area contributed by atoms with Gasteiger partial charge >= 0.3 is 5.97 Å². The van der Waals surface area contributed by atoms with E-state index in [2.05, 4.69) is 66.3 Å². The number of fused-ring (bicyclic) bond motifs is 1. The number of rotatable bonds is 5. The van der Waals surface area contributed by atoms with Crippen molar-refractivity contribution in [3.8, 4) is 11.3 Å². The number of anilines is 1. The van der Waals surface area contributed by atoms with Crippen LogP contribution in [0.15, 0.2) is 47.1 Å². The second-order valence-corrected chi connectivity index (χ2v) is 8.29. The zero-order chi connectivity index (χ0) is 19.6. The van der Waals surface area contributed by atoms with Gasteiger partial charge in [-0.05, 0) is 46.0 Å². The summed E-state index contributed by atoms with van der Waals surface area (Å²) in [6.45, 7) is 8.82. The molecule has 0 aliphatic carbocycles. The molecule has 0 aliphatic heterocycles. The van der Waals surface area contributed by atoms with Crippen molar-refractivity contribution in [1.29, 1.82) is 0 Å². The predicted molar refractivity (Wildman–Crippen MR) is 112 cm³/mol. The van der Waals surface area contributed by atoms with Crippen LogP contribution in [0.1, 0.15) is 33.3 Å². The summed E-state index contributed by atoms with van der Waals surface area (Å²) < 4.78 is 7.91. The van der Waals surface area contributed by atoms with E-state index < -0.39 is 0 Å². The zero-order valence-electron chi connectivity index (χ0n) is 16.0. The lowest BCUT2D eigenvalue weighted by Gasteiger charge is -2.19. The molecule has 3 aromatic rings. The quantitative estimate of drug-likeness (QED) is 0.577. The highest BCUT2D eigenvalue weighted by Gasteiger charge is 2.17. The maximum atomic E-state index is 11.8. The maximum absolute atomic E-state index is 11.8. The van der Waals surface area contributed by atoms with Gasteiger partial charge in [0.1, 0.15) is 23.7 Å². The van der Waals surface area contributed by atoms with Crippen molar-refractivity contribution in [3.63, 3.8) is 0 Å². The van der Waals surface area contributed by atoms with Crippen molar-refractivity contribution in [1.82, 2.24) is 9.38 Å². The number of imidazole rings is 1. The van der Waals surface area contributed by atoms with Crippen molar-refractivity contribution < 1.29 is 9.53 Å². The summed E-state index contributed by atoms with van der Waals surface area (Å²) >= 11 is 3.50. The Morgan fingerprint density at radius 1 is 1.19 bits per heavy atom. The lowest BCUT2D eigenvalue weighted by atomic mass is 9.86. The molecule has 0 saturated carbocycles. The molecule has 1 N–H and O–H groups in total. The number of carbonyl (C=O) groups excluding carboxylic acids is 1. The number of halogens is 1. The summed E-state index contributed by atoms with van der Waals surface area (Å²) in [6.07, 6.45) is 1.93. The molecule has 0 aliphatic rings. The third kappa shape index (κ3) is 4.33. The minimum atomic E-state index is -0.295. The Morgan fingerprint density at radius 2 is 1.89 bits per heavy atom. The number of hydrogen-bond acceptors (Lipinski definition) is 4. The van der Waals surface area contributed by atoms with E-state index in [0.29, 0.717) is 6.61 Å². The van der Waals surface area contributed by atoms with E-state index in [0.717, 1.165) is 27.2 Å². The van der Waals surface area contributed by atoms with E-state index in [1.807, 2.05) is 22.7 Å². The summed E-state index contributed by atoms with van der Waals surface area (Å²) in [5.41, 5.74) is 3.96. The number of esters is 1. The number of pyridine rings is 1. The van der Waals surface area contributed by atoms with Gasteiger partial charge in [-0.2, -0.15) is 0 Å². The monoisotopic (exact) mass is 429 g/mol. The number of carbonyl (C=O) groups is 1. The van der Waals surface area contributed by atoms with E-state index in [9.17, 15) is 4.79 Å². The summed E-state index contributed by atoms with van der Waals surface area (Å²) in [7, 11) is 0. The first kappa shape index (κ1) is 19.4. The number of benzene rings is 1. The first-order valence-corrected chi connectivity index (χ1v) is 9.77. The zero-order valence-corrected chi connectivity index (χ0v) is 17.6. The smallest absolute Gasteiger partial charge is 0.325 e. The van der Waals surface area contributed by atoms with E-state index in [1.165, 1.54) is 5.56 Å². The number of aromatic nitrogens is 2. The van der Waals surface area contributed by atoms with Gasteiger partial charge in [0.2, 0.25) is 0 Å². The van der Waals surface area contributed by atoms with Crippen molar-refractivity contribution in [3.05, 3.63) is 52.6 Å². The van der Waals surface area contributed by atoms with Crippen LogP contribution in [0.3, 0.4) is 0 Å². The molecular weight excluding hydrogens is 406 g/mol. The molecule has 0 atom stereocenters. The summed E-state index contributed by atoms with van der Waals surface area (Å²) in [5, 5.41) is 3.20. The van der Waals surface area contributed by atoms with Crippen LogP contribution in [0, 0.1) is 0 Å². The van der Waals surface area contributed by atoms with Gasteiger partial charge in [-0.25, -0.2) is 4.98 Å². The highest BCUT2D eigenvalue weighted by Crippen LogP contribution is 2.31. The maximum Gasteiger partial charge on any atom is 0.325 e. The van der Waals surface area contributed by atoms with E-state index >= 15 is 0 Å². The average molecular weight is 430 g/mol. The normalized spacial score (nSPS) is 11.6. The fourth-order valence-electron chi connectivity index (χ4n) is 2.88. The molecule has 0 amide bonds. The van der Waals surface area contributed by atoms with Crippen molar-refractivity contribution in [2.75, 3.05) is 18.5 Å². The largest absolute Gasteiger partial charge is 0.465 e. The lowest BCUT2D eigenvalue weighted by Crippen LogP contribution is -2.18. The Kier molecular flexibility index (Phi) is 5.56. The van der Waals surface area contributed by atoms with Crippen LogP contribution in [0.4, 0.5) is 5.82 Å². The Hall–Kier alpha value is -2.34. The van der Waals surface area contributed by atoms with Gasteiger partial charge in [0.15, 0.2) is 0 Å². The third-order valence-corrected chi connectivity index (χ3v) is 4.78. The van der Waals surface area contributed by atoms with E-state index in [1.54, 1.807) is 6.92 Å². The Bertz CT molecular complexity index is 956. The predicted octanol–water partition coefficient (Wildman–Crippen LogP) is 5.04.